The van der Waals surface area contributed by atoms with Crippen molar-refractivity contribution >= 4 is 11.9 Å². The zero-order valence-electron chi connectivity index (χ0n) is 13.8. The van der Waals surface area contributed by atoms with Crippen molar-refractivity contribution in [1.82, 2.24) is 0 Å². The van der Waals surface area contributed by atoms with E-state index in [9.17, 15) is 9.59 Å². The molecule has 0 aromatic heterocycles. The molecule has 1 aromatic rings. The molecule has 24 heavy (non-hydrogen) atoms. The van der Waals surface area contributed by atoms with Crippen LogP contribution in [-0.2, 0) is 25.4 Å². The van der Waals surface area contributed by atoms with Crippen molar-refractivity contribution in [3.05, 3.63) is 73.0 Å². The van der Waals surface area contributed by atoms with Crippen molar-refractivity contribution in [1.29, 1.82) is 0 Å². The molecule has 0 aliphatic carbocycles. The van der Waals surface area contributed by atoms with Crippen molar-refractivity contribution in [2.45, 2.75) is 6.42 Å². The monoisotopic (exact) mass is 330 g/mol. The lowest BCUT2D eigenvalue weighted by Gasteiger charge is -2.18. The van der Waals surface area contributed by atoms with Crippen LogP contribution in [0, 0.1) is 5.92 Å². The van der Waals surface area contributed by atoms with E-state index in [0.29, 0.717) is 17.7 Å². The molecule has 1 aromatic carbocycles. The van der Waals surface area contributed by atoms with E-state index in [-0.39, 0.29) is 13.2 Å². The summed E-state index contributed by atoms with van der Waals surface area (Å²) in [5, 5.41) is 0. The lowest BCUT2D eigenvalue weighted by atomic mass is 9.97. The summed E-state index contributed by atoms with van der Waals surface area (Å²) in [4.78, 5) is 23.7. The first-order chi connectivity index (χ1) is 11.5. The number of esters is 2. The average molecular weight is 330 g/mol. The quantitative estimate of drug-likeness (QED) is 0.375. The molecule has 0 heterocycles. The largest absolute Gasteiger partial charge is 0.494 e. The number of methoxy groups -OCH3 is 1. The van der Waals surface area contributed by atoms with Gasteiger partial charge in [-0.2, -0.15) is 0 Å². The predicted octanol–water partition coefficient (Wildman–Crippen LogP) is 3.08. The lowest BCUT2D eigenvalue weighted by Crippen LogP contribution is -2.23. The molecule has 0 fully saturated rings. The van der Waals surface area contributed by atoms with Gasteiger partial charge in [-0.05, 0) is 24.1 Å². The summed E-state index contributed by atoms with van der Waals surface area (Å²) < 4.78 is 15.2. The minimum absolute atomic E-state index is 0.116. The Bertz CT molecular complexity index is 577. The minimum atomic E-state index is -0.658. The van der Waals surface area contributed by atoms with Crippen molar-refractivity contribution in [2.24, 2.45) is 5.92 Å². The smallest absolute Gasteiger partial charge is 0.337 e. The normalized spacial score (nSPS) is 11.0. The molecule has 1 unspecified atom stereocenters. The highest BCUT2D eigenvalue weighted by Gasteiger charge is 2.25. The van der Waals surface area contributed by atoms with E-state index in [0.717, 1.165) is 5.56 Å². The number of carbonyl (C=O) groups is 2. The summed E-state index contributed by atoms with van der Waals surface area (Å²) in [6, 6.07) is 6.78. The Morgan fingerprint density at radius 3 is 2.21 bits per heavy atom. The Morgan fingerprint density at radius 1 is 1.08 bits per heavy atom. The van der Waals surface area contributed by atoms with Gasteiger partial charge in [-0.15, -0.1) is 0 Å². The molecule has 0 N–H and O–H groups in total. The van der Waals surface area contributed by atoms with Gasteiger partial charge in [0.25, 0.3) is 0 Å². The summed E-state index contributed by atoms with van der Waals surface area (Å²) in [7, 11) is 1.32. The van der Waals surface area contributed by atoms with Gasteiger partial charge in [-0.1, -0.05) is 44.0 Å². The molecular weight excluding hydrogens is 308 g/mol. The number of benzene rings is 1. The summed E-state index contributed by atoms with van der Waals surface area (Å²) in [5.41, 5.74) is 1.28. The predicted molar refractivity (Wildman–Crippen MR) is 91.4 cm³/mol. The zero-order valence-corrected chi connectivity index (χ0v) is 13.8. The SMILES string of the molecule is C=CCOC(=C)C(Cc1ccc(C(=O)OC)cc1)C(=O)OCC=C. The van der Waals surface area contributed by atoms with Gasteiger partial charge in [0.2, 0.25) is 0 Å². The van der Waals surface area contributed by atoms with E-state index in [2.05, 4.69) is 24.5 Å². The lowest BCUT2D eigenvalue weighted by molar-refractivity contribution is -0.147. The van der Waals surface area contributed by atoms with Crippen molar-refractivity contribution in [2.75, 3.05) is 20.3 Å². The number of ether oxygens (including phenoxy) is 3. The molecule has 1 rings (SSSR count). The molecule has 0 saturated carbocycles. The molecule has 0 saturated heterocycles. The highest BCUT2D eigenvalue weighted by Crippen LogP contribution is 2.20. The fourth-order valence-corrected chi connectivity index (χ4v) is 1.97. The third-order valence-corrected chi connectivity index (χ3v) is 3.22. The van der Waals surface area contributed by atoms with Crippen LogP contribution in [0.4, 0.5) is 0 Å². The second-order valence-electron chi connectivity index (χ2n) is 4.93. The van der Waals surface area contributed by atoms with E-state index in [4.69, 9.17) is 9.47 Å². The molecule has 5 nitrogen and oxygen atoms in total. The third kappa shape index (κ3) is 5.76. The molecule has 0 spiro atoms. The van der Waals surface area contributed by atoms with Crippen LogP contribution in [0.1, 0.15) is 15.9 Å². The van der Waals surface area contributed by atoms with Crippen LogP contribution < -0.4 is 0 Å². The van der Waals surface area contributed by atoms with Crippen LogP contribution in [-0.4, -0.2) is 32.3 Å². The Balaban J connectivity index is 2.88. The highest BCUT2D eigenvalue weighted by molar-refractivity contribution is 5.89. The van der Waals surface area contributed by atoms with Crippen LogP contribution in [0.5, 0.6) is 0 Å². The number of hydrogen-bond acceptors (Lipinski definition) is 5. The summed E-state index contributed by atoms with van der Waals surface area (Å²) in [6.07, 6.45) is 3.41. The fourth-order valence-electron chi connectivity index (χ4n) is 1.97. The van der Waals surface area contributed by atoms with Crippen LogP contribution in [0.15, 0.2) is 61.9 Å². The van der Waals surface area contributed by atoms with E-state index in [1.807, 2.05) is 0 Å². The Morgan fingerprint density at radius 2 is 1.67 bits per heavy atom. The average Bonchev–Trinajstić information content (AvgIpc) is 2.61. The van der Waals surface area contributed by atoms with Gasteiger partial charge >= 0.3 is 11.9 Å². The molecule has 0 radical (unpaired) electrons. The Kier molecular flexibility index (Phi) is 8.05. The van der Waals surface area contributed by atoms with E-state index < -0.39 is 17.9 Å². The zero-order chi connectivity index (χ0) is 17.9. The van der Waals surface area contributed by atoms with E-state index in [1.54, 1.807) is 30.3 Å². The Labute approximate surface area is 142 Å². The van der Waals surface area contributed by atoms with Crippen molar-refractivity contribution < 1.29 is 23.8 Å². The maximum absolute atomic E-state index is 12.2. The van der Waals surface area contributed by atoms with Crippen LogP contribution in [0.2, 0.25) is 0 Å². The van der Waals surface area contributed by atoms with Gasteiger partial charge < -0.3 is 14.2 Å². The van der Waals surface area contributed by atoms with Gasteiger partial charge in [0.1, 0.15) is 24.9 Å². The second-order valence-corrected chi connectivity index (χ2v) is 4.93. The maximum atomic E-state index is 12.2. The maximum Gasteiger partial charge on any atom is 0.337 e. The van der Waals surface area contributed by atoms with Gasteiger partial charge in [-0.3, -0.25) is 4.79 Å². The van der Waals surface area contributed by atoms with Crippen molar-refractivity contribution in [3.63, 3.8) is 0 Å². The van der Waals surface area contributed by atoms with Gasteiger partial charge in [-0.25, -0.2) is 4.79 Å². The molecule has 0 aliphatic heterocycles. The van der Waals surface area contributed by atoms with Crippen LogP contribution in [0.25, 0.3) is 0 Å². The standard InChI is InChI=1S/C19H22O5/c1-5-11-23-14(3)17(19(21)24-12-6-2)13-15-7-9-16(10-8-15)18(20)22-4/h5-10,17H,1-3,11-13H2,4H3. The first kappa shape index (κ1) is 19.2. The first-order valence-corrected chi connectivity index (χ1v) is 7.40. The van der Waals surface area contributed by atoms with Crippen LogP contribution >= 0.6 is 0 Å². The molecule has 0 bridgehead atoms. The van der Waals surface area contributed by atoms with Gasteiger partial charge in [0.05, 0.1) is 12.7 Å². The number of hydrogen-bond donors (Lipinski definition) is 0. The fraction of sp³-hybridized carbons (Fsp3) is 0.263. The minimum Gasteiger partial charge on any atom is -0.494 e. The summed E-state index contributed by atoms with van der Waals surface area (Å²) >= 11 is 0. The number of carbonyl (C=O) groups excluding carboxylic acids is 2. The van der Waals surface area contributed by atoms with Crippen molar-refractivity contribution in [3.8, 4) is 0 Å². The molecule has 1 atom stereocenters. The second kappa shape index (κ2) is 10.0. The van der Waals surface area contributed by atoms with E-state index >= 15 is 0 Å². The highest BCUT2D eigenvalue weighted by atomic mass is 16.5. The van der Waals surface area contributed by atoms with E-state index in [1.165, 1.54) is 13.2 Å². The third-order valence-electron chi connectivity index (χ3n) is 3.22. The molecule has 0 amide bonds. The first-order valence-electron chi connectivity index (χ1n) is 7.40. The number of rotatable bonds is 10. The summed E-state index contributed by atoms with van der Waals surface area (Å²) in [6.45, 7) is 11.3. The van der Waals surface area contributed by atoms with Crippen LogP contribution in [0.3, 0.4) is 0 Å². The molecule has 5 heteroatoms. The molecular formula is C19H22O5. The molecule has 128 valence electrons. The Hall–Kier alpha value is -2.82. The van der Waals surface area contributed by atoms with Gasteiger partial charge in [0.15, 0.2) is 0 Å². The molecule has 0 aliphatic rings. The van der Waals surface area contributed by atoms with Gasteiger partial charge in [0, 0.05) is 0 Å². The summed E-state index contributed by atoms with van der Waals surface area (Å²) in [5.74, 6) is -1.21. The topological polar surface area (TPSA) is 61.8 Å².